The Labute approximate surface area is 217 Å². The van der Waals surface area contributed by atoms with Gasteiger partial charge in [0.1, 0.15) is 0 Å². The topological polar surface area (TPSA) is 0 Å². The Morgan fingerprint density at radius 3 is 1.30 bits per heavy atom. The number of fused-ring (bicyclic) bond motifs is 2. The minimum Gasteiger partial charge on any atom is -1.00 e. The maximum Gasteiger partial charge on any atom is 4.00 e. The summed E-state index contributed by atoms with van der Waals surface area (Å²) in [5, 5.41) is 5.50. The molecule has 0 saturated carbocycles. The standard InChI is InChI=1S/2C12H13.C2H6Si.2ClH.Zr/c2*1-2-5-10-8-11-6-3-4-7-12(11)9-10;1-3-2;;;/h2*3-4,6-9H,2,5H2,1H3;1-2H3;2*1H;/q2*-1;;;;+4/p-2. The van der Waals surface area contributed by atoms with Crippen molar-refractivity contribution in [2.24, 2.45) is 0 Å². The fourth-order valence-corrected chi connectivity index (χ4v) is 3.30. The van der Waals surface area contributed by atoms with Gasteiger partial charge in [-0.25, -0.2) is 0 Å². The third-order valence-electron chi connectivity index (χ3n) is 4.43. The van der Waals surface area contributed by atoms with E-state index in [1.54, 1.807) is 0 Å². The second-order valence-electron chi connectivity index (χ2n) is 6.99. The van der Waals surface area contributed by atoms with E-state index in [2.05, 4.69) is 99.7 Å². The summed E-state index contributed by atoms with van der Waals surface area (Å²) >= 11 is 0. The van der Waals surface area contributed by atoms with E-state index in [4.69, 9.17) is 0 Å². The van der Waals surface area contributed by atoms with Crippen molar-refractivity contribution in [3.8, 4) is 0 Å². The molecule has 0 aliphatic carbocycles. The molecular weight excluding hydrogens is 503 g/mol. The molecule has 4 aromatic carbocycles. The minimum atomic E-state index is 0. The van der Waals surface area contributed by atoms with Gasteiger partial charge in [0, 0.05) is 9.52 Å². The van der Waals surface area contributed by atoms with Crippen molar-refractivity contribution < 1.29 is 51.0 Å². The van der Waals surface area contributed by atoms with Gasteiger partial charge in [-0.15, -0.1) is 81.2 Å². The Kier molecular flexibility index (Phi) is 18.9. The van der Waals surface area contributed by atoms with Gasteiger partial charge < -0.3 is 24.8 Å². The Morgan fingerprint density at radius 1 is 0.667 bits per heavy atom. The van der Waals surface area contributed by atoms with Crippen molar-refractivity contribution >= 4 is 31.1 Å². The monoisotopic (exact) mass is 532 g/mol. The Hall–Kier alpha value is -0.660. The molecule has 30 heavy (non-hydrogen) atoms. The Morgan fingerprint density at radius 2 is 1.00 bits per heavy atom. The molecular formula is C26H32Cl2SiZr. The molecule has 0 saturated heterocycles. The summed E-state index contributed by atoms with van der Waals surface area (Å²) in [7, 11) is 1.08. The van der Waals surface area contributed by atoms with Crippen molar-refractivity contribution in [1.29, 1.82) is 0 Å². The van der Waals surface area contributed by atoms with Gasteiger partial charge in [-0.1, -0.05) is 51.9 Å². The molecule has 0 amide bonds. The van der Waals surface area contributed by atoms with Crippen LogP contribution in [-0.2, 0) is 39.0 Å². The molecule has 0 aliphatic rings. The van der Waals surface area contributed by atoms with Crippen LogP contribution in [0.1, 0.15) is 37.8 Å². The molecule has 0 aliphatic heterocycles. The normalized spacial score (nSPS) is 9.20. The zero-order valence-corrected chi connectivity index (χ0v) is 23.5. The number of rotatable bonds is 4. The van der Waals surface area contributed by atoms with Gasteiger partial charge in [0.05, 0.1) is 0 Å². The maximum atomic E-state index is 2.29. The van der Waals surface area contributed by atoms with Crippen LogP contribution in [0.5, 0.6) is 0 Å². The van der Waals surface area contributed by atoms with Crippen LogP contribution < -0.4 is 24.8 Å². The average Bonchev–Trinajstić information content (AvgIpc) is 3.26. The smallest absolute Gasteiger partial charge is 1.00 e. The van der Waals surface area contributed by atoms with Crippen molar-refractivity contribution in [3.05, 3.63) is 83.9 Å². The molecule has 0 N–H and O–H groups in total. The van der Waals surface area contributed by atoms with Gasteiger partial charge in [-0.2, -0.15) is 12.1 Å². The van der Waals surface area contributed by atoms with Gasteiger partial charge in [0.25, 0.3) is 0 Å². The van der Waals surface area contributed by atoms with E-state index in [1.807, 2.05) is 0 Å². The number of benzene rings is 2. The fourth-order valence-electron chi connectivity index (χ4n) is 3.30. The Bertz CT molecular complexity index is 785. The van der Waals surface area contributed by atoms with Gasteiger partial charge in [-0.05, 0) is 12.8 Å². The fraction of sp³-hybridized carbons (Fsp3) is 0.308. The van der Waals surface area contributed by atoms with Crippen molar-refractivity contribution in [3.63, 3.8) is 0 Å². The predicted molar refractivity (Wildman–Crippen MR) is 125 cm³/mol. The number of halogens is 2. The second-order valence-corrected chi connectivity index (χ2v) is 7.99. The minimum absolute atomic E-state index is 0. The molecule has 4 heteroatoms. The molecule has 158 valence electrons. The predicted octanol–water partition coefficient (Wildman–Crippen LogP) is 1.81. The maximum absolute atomic E-state index is 2.29. The molecule has 0 spiro atoms. The second kappa shape index (κ2) is 18.0. The first kappa shape index (κ1) is 31.5. The number of hydrogen-bond acceptors (Lipinski definition) is 0. The van der Waals surface area contributed by atoms with E-state index < -0.39 is 0 Å². The van der Waals surface area contributed by atoms with Crippen LogP contribution in [-0.4, -0.2) is 9.52 Å². The number of aryl methyl sites for hydroxylation is 2. The van der Waals surface area contributed by atoms with Crippen LogP contribution in [0.25, 0.3) is 21.5 Å². The van der Waals surface area contributed by atoms with Gasteiger partial charge in [0.2, 0.25) is 0 Å². The van der Waals surface area contributed by atoms with Gasteiger partial charge in [-0.3, -0.25) is 0 Å². The summed E-state index contributed by atoms with van der Waals surface area (Å²) < 4.78 is 0. The van der Waals surface area contributed by atoms with E-state index >= 15 is 0 Å². The van der Waals surface area contributed by atoms with Crippen molar-refractivity contribution in [1.82, 2.24) is 0 Å². The van der Waals surface area contributed by atoms with E-state index in [-0.39, 0.29) is 51.0 Å². The van der Waals surface area contributed by atoms with Crippen LogP contribution >= 0.6 is 0 Å². The first-order valence-corrected chi connectivity index (χ1v) is 12.1. The average molecular weight is 535 g/mol. The van der Waals surface area contributed by atoms with Crippen molar-refractivity contribution in [2.45, 2.75) is 52.6 Å². The summed E-state index contributed by atoms with van der Waals surface area (Å²) in [5.74, 6) is 0. The molecule has 0 nitrogen and oxygen atoms in total. The van der Waals surface area contributed by atoms with E-state index in [0.717, 1.165) is 9.52 Å². The first-order chi connectivity index (χ1) is 13.2. The molecule has 0 aromatic heterocycles. The van der Waals surface area contributed by atoms with Gasteiger partial charge in [0.15, 0.2) is 0 Å². The summed E-state index contributed by atoms with van der Waals surface area (Å²) in [6.45, 7) is 8.75. The SMILES string of the molecule is CCCc1cc2ccccc2[cH-]1.CCCc1cc2ccccc2[cH-]1.C[Si]C.[Cl-].[Cl-].[Zr+4]. The van der Waals surface area contributed by atoms with E-state index in [9.17, 15) is 0 Å². The molecule has 0 atom stereocenters. The largest absolute Gasteiger partial charge is 4.00 e. The zero-order chi connectivity index (χ0) is 19.5. The van der Waals surface area contributed by atoms with E-state index in [0.29, 0.717) is 0 Å². The molecule has 0 bridgehead atoms. The summed E-state index contributed by atoms with van der Waals surface area (Å²) in [5.41, 5.74) is 2.94. The summed E-state index contributed by atoms with van der Waals surface area (Å²) in [6.07, 6.45) is 4.87. The third-order valence-corrected chi connectivity index (χ3v) is 4.43. The van der Waals surface area contributed by atoms with Crippen LogP contribution in [0.15, 0.2) is 72.8 Å². The van der Waals surface area contributed by atoms with Crippen LogP contribution in [0.4, 0.5) is 0 Å². The zero-order valence-electron chi connectivity index (χ0n) is 18.5. The van der Waals surface area contributed by atoms with Crippen LogP contribution in [0.3, 0.4) is 0 Å². The summed E-state index contributed by atoms with van der Waals surface area (Å²) in [6, 6.07) is 26.2. The third kappa shape index (κ3) is 10.1. The number of hydrogen-bond donors (Lipinski definition) is 0. The van der Waals surface area contributed by atoms with Crippen LogP contribution in [0, 0.1) is 0 Å². The first-order valence-electron chi connectivity index (χ1n) is 10.1. The van der Waals surface area contributed by atoms with Crippen molar-refractivity contribution in [2.75, 3.05) is 0 Å². The molecule has 2 radical (unpaired) electrons. The van der Waals surface area contributed by atoms with Gasteiger partial charge >= 0.3 is 26.2 Å². The molecule has 0 heterocycles. The molecule has 0 unspecified atom stereocenters. The van der Waals surface area contributed by atoms with Crippen LogP contribution in [0.2, 0.25) is 13.1 Å². The quantitative estimate of drug-likeness (QED) is 0.277. The molecule has 4 rings (SSSR count). The Balaban J connectivity index is 0. The molecule has 4 aromatic rings. The summed E-state index contributed by atoms with van der Waals surface area (Å²) in [4.78, 5) is 0. The molecule has 0 fully saturated rings. The van der Waals surface area contributed by atoms with E-state index in [1.165, 1.54) is 58.4 Å².